The molecule has 2 heterocycles. The molecule has 1 aromatic carbocycles. The summed E-state index contributed by atoms with van der Waals surface area (Å²) in [5.41, 5.74) is 0.495. The van der Waals surface area contributed by atoms with Crippen molar-refractivity contribution in [3.63, 3.8) is 0 Å². The van der Waals surface area contributed by atoms with E-state index in [1.54, 1.807) is 10.3 Å². The number of aromatic nitrogens is 1. The zero-order chi connectivity index (χ0) is 18.6. The molecule has 1 fully saturated rings. The molecular formula is C19H22N2O4S. The summed E-state index contributed by atoms with van der Waals surface area (Å²) < 4.78 is 5.12. The number of carboxylic acids is 1. The van der Waals surface area contributed by atoms with Crippen LogP contribution in [0.25, 0.3) is 0 Å². The summed E-state index contributed by atoms with van der Waals surface area (Å²) in [6.07, 6.45) is 1.83. The number of nitrogens with zero attached hydrogens (tertiary/aromatic N) is 2. The van der Waals surface area contributed by atoms with Gasteiger partial charge in [0.05, 0.1) is 11.6 Å². The first kappa shape index (κ1) is 18.5. The number of carbonyl (C=O) groups is 2. The van der Waals surface area contributed by atoms with E-state index in [9.17, 15) is 14.7 Å². The second-order valence-corrected chi connectivity index (χ2v) is 7.58. The van der Waals surface area contributed by atoms with Gasteiger partial charge in [-0.2, -0.15) is 0 Å². The minimum Gasteiger partial charge on any atom is -0.481 e. The van der Waals surface area contributed by atoms with Gasteiger partial charge in [0.25, 0.3) is 5.91 Å². The van der Waals surface area contributed by atoms with Crippen molar-refractivity contribution in [2.45, 2.75) is 19.3 Å². The molecule has 1 aliphatic rings. The molecular weight excluding hydrogens is 352 g/mol. The van der Waals surface area contributed by atoms with Crippen LogP contribution in [0.3, 0.4) is 0 Å². The van der Waals surface area contributed by atoms with Gasteiger partial charge in [-0.15, -0.1) is 11.3 Å². The first-order chi connectivity index (χ1) is 12.5. The lowest BCUT2D eigenvalue weighted by molar-refractivity contribution is -0.155. The zero-order valence-corrected chi connectivity index (χ0v) is 15.5. The summed E-state index contributed by atoms with van der Waals surface area (Å²) in [6.45, 7) is 0.798. The SMILES string of the molecule is COCC1(C(=O)O)CCCN(C(=O)c2csc(Cc3ccccc3)n2)C1. The molecule has 1 saturated heterocycles. The van der Waals surface area contributed by atoms with Crippen LogP contribution in [0, 0.1) is 5.41 Å². The van der Waals surface area contributed by atoms with Gasteiger partial charge in [0.2, 0.25) is 0 Å². The molecule has 1 atom stereocenters. The van der Waals surface area contributed by atoms with Gasteiger partial charge in [-0.1, -0.05) is 30.3 Å². The van der Waals surface area contributed by atoms with Crippen LogP contribution in [0.5, 0.6) is 0 Å². The van der Waals surface area contributed by atoms with Gasteiger partial charge in [-0.3, -0.25) is 9.59 Å². The standard InChI is InChI=1S/C19H22N2O4S/c1-25-13-19(18(23)24)8-5-9-21(12-19)17(22)15-11-26-16(20-15)10-14-6-3-2-4-7-14/h2-4,6-7,11H,5,8-10,12-13H2,1H3,(H,23,24). The van der Waals surface area contributed by atoms with Crippen LogP contribution in [-0.4, -0.2) is 53.7 Å². The highest BCUT2D eigenvalue weighted by molar-refractivity contribution is 7.09. The summed E-state index contributed by atoms with van der Waals surface area (Å²) in [7, 11) is 1.49. The Morgan fingerprint density at radius 3 is 2.81 bits per heavy atom. The van der Waals surface area contributed by atoms with E-state index in [-0.39, 0.29) is 19.1 Å². The lowest BCUT2D eigenvalue weighted by atomic mass is 9.80. The van der Waals surface area contributed by atoms with Gasteiger partial charge >= 0.3 is 5.97 Å². The fourth-order valence-electron chi connectivity index (χ4n) is 3.36. The summed E-state index contributed by atoms with van der Waals surface area (Å²) >= 11 is 1.45. The second-order valence-electron chi connectivity index (χ2n) is 6.64. The van der Waals surface area contributed by atoms with Crippen molar-refractivity contribution in [3.8, 4) is 0 Å². The Balaban J connectivity index is 1.72. The number of methoxy groups -OCH3 is 1. The number of benzene rings is 1. The van der Waals surface area contributed by atoms with Crippen LogP contribution in [0.1, 0.15) is 33.9 Å². The Bertz CT molecular complexity index is 773. The molecule has 6 nitrogen and oxygen atoms in total. The largest absolute Gasteiger partial charge is 0.481 e. The number of ether oxygens (including phenoxy) is 1. The predicted molar refractivity (Wildman–Crippen MR) is 98.4 cm³/mol. The zero-order valence-electron chi connectivity index (χ0n) is 14.7. The Kier molecular flexibility index (Phi) is 5.68. The van der Waals surface area contributed by atoms with E-state index < -0.39 is 11.4 Å². The van der Waals surface area contributed by atoms with Gasteiger partial charge in [-0.25, -0.2) is 4.98 Å². The number of likely N-dealkylation sites (tertiary alicyclic amines) is 1. The predicted octanol–water partition coefficient (Wildman–Crippen LogP) is 2.69. The monoisotopic (exact) mass is 374 g/mol. The second kappa shape index (κ2) is 7.97. The molecule has 2 aromatic rings. The molecule has 1 aromatic heterocycles. The molecule has 0 spiro atoms. The molecule has 1 unspecified atom stereocenters. The van der Waals surface area contributed by atoms with Gasteiger partial charge < -0.3 is 14.7 Å². The summed E-state index contributed by atoms with van der Waals surface area (Å²) in [4.78, 5) is 30.6. The molecule has 1 aliphatic heterocycles. The average Bonchev–Trinajstić information content (AvgIpc) is 3.10. The number of hydrogen-bond donors (Lipinski definition) is 1. The Hall–Kier alpha value is -2.25. The average molecular weight is 374 g/mol. The van der Waals surface area contributed by atoms with Crippen LogP contribution in [-0.2, 0) is 16.0 Å². The highest BCUT2D eigenvalue weighted by Crippen LogP contribution is 2.31. The normalized spacial score (nSPS) is 20.1. The van der Waals surface area contributed by atoms with Crippen molar-refractivity contribution in [2.75, 3.05) is 26.8 Å². The summed E-state index contributed by atoms with van der Waals surface area (Å²) in [5, 5.41) is 12.3. The molecule has 0 bridgehead atoms. The van der Waals surface area contributed by atoms with Gasteiger partial charge in [-0.05, 0) is 18.4 Å². The highest BCUT2D eigenvalue weighted by Gasteiger charge is 2.44. The van der Waals surface area contributed by atoms with Crippen molar-refractivity contribution in [1.82, 2.24) is 9.88 Å². The number of carboxylic acid groups (broad SMARTS) is 1. The Morgan fingerprint density at radius 2 is 2.12 bits per heavy atom. The molecule has 0 aliphatic carbocycles. The summed E-state index contributed by atoms with van der Waals surface area (Å²) in [6, 6.07) is 9.97. The van der Waals surface area contributed by atoms with Crippen molar-refractivity contribution in [2.24, 2.45) is 5.41 Å². The first-order valence-corrected chi connectivity index (χ1v) is 9.42. The molecule has 0 saturated carbocycles. The van der Waals surface area contributed by atoms with Crippen molar-refractivity contribution < 1.29 is 19.4 Å². The number of aliphatic carboxylic acids is 1. The minimum atomic E-state index is -1.04. The van der Waals surface area contributed by atoms with E-state index in [0.29, 0.717) is 31.5 Å². The van der Waals surface area contributed by atoms with Crippen LogP contribution in [0.4, 0.5) is 0 Å². The smallest absolute Gasteiger partial charge is 0.313 e. The van der Waals surface area contributed by atoms with E-state index >= 15 is 0 Å². The molecule has 1 N–H and O–H groups in total. The minimum absolute atomic E-state index is 0.0996. The molecule has 26 heavy (non-hydrogen) atoms. The van der Waals surface area contributed by atoms with E-state index in [0.717, 1.165) is 10.6 Å². The van der Waals surface area contributed by atoms with E-state index in [1.807, 2.05) is 30.3 Å². The van der Waals surface area contributed by atoms with Crippen LogP contribution >= 0.6 is 11.3 Å². The highest BCUT2D eigenvalue weighted by atomic mass is 32.1. The van der Waals surface area contributed by atoms with E-state index in [4.69, 9.17) is 4.74 Å². The number of thiazole rings is 1. The van der Waals surface area contributed by atoms with Crippen molar-refractivity contribution in [1.29, 1.82) is 0 Å². The lowest BCUT2D eigenvalue weighted by Crippen LogP contribution is -2.52. The van der Waals surface area contributed by atoms with Crippen LogP contribution < -0.4 is 0 Å². The van der Waals surface area contributed by atoms with Crippen LogP contribution in [0.2, 0.25) is 0 Å². The lowest BCUT2D eigenvalue weighted by Gasteiger charge is -2.39. The maximum atomic E-state index is 12.8. The number of amides is 1. The number of rotatable bonds is 6. The molecule has 7 heteroatoms. The fourth-order valence-corrected chi connectivity index (χ4v) is 4.16. The Labute approximate surface area is 156 Å². The van der Waals surface area contributed by atoms with Crippen molar-refractivity contribution in [3.05, 3.63) is 52.0 Å². The van der Waals surface area contributed by atoms with Crippen molar-refractivity contribution >= 4 is 23.2 Å². The third-order valence-corrected chi connectivity index (χ3v) is 5.56. The molecule has 3 rings (SSSR count). The molecule has 0 radical (unpaired) electrons. The van der Waals surface area contributed by atoms with Crippen LogP contribution in [0.15, 0.2) is 35.7 Å². The quantitative estimate of drug-likeness (QED) is 0.841. The first-order valence-electron chi connectivity index (χ1n) is 8.54. The topological polar surface area (TPSA) is 79.7 Å². The van der Waals surface area contributed by atoms with Gasteiger partial charge in [0.15, 0.2) is 0 Å². The number of piperidine rings is 1. The molecule has 1 amide bonds. The van der Waals surface area contributed by atoms with E-state index in [2.05, 4.69) is 4.98 Å². The third-order valence-electron chi connectivity index (χ3n) is 4.71. The maximum absolute atomic E-state index is 12.8. The van der Waals surface area contributed by atoms with Gasteiger partial charge in [0, 0.05) is 32.0 Å². The van der Waals surface area contributed by atoms with Gasteiger partial charge in [0.1, 0.15) is 11.1 Å². The molecule has 138 valence electrons. The maximum Gasteiger partial charge on any atom is 0.313 e. The fraction of sp³-hybridized carbons (Fsp3) is 0.421. The number of carbonyl (C=O) groups excluding carboxylic acids is 1. The third kappa shape index (κ3) is 3.94. The Morgan fingerprint density at radius 1 is 1.35 bits per heavy atom. The number of hydrogen-bond acceptors (Lipinski definition) is 5. The summed E-state index contributed by atoms with van der Waals surface area (Å²) in [5.74, 6) is -1.12. The van der Waals surface area contributed by atoms with E-state index in [1.165, 1.54) is 18.4 Å².